The van der Waals surface area contributed by atoms with E-state index in [-0.39, 0.29) is 5.54 Å². The lowest BCUT2D eigenvalue weighted by atomic mass is 10.1. The molecule has 0 radical (unpaired) electrons. The summed E-state index contributed by atoms with van der Waals surface area (Å²) >= 11 is 3.42. The van der Waals surface area contributed by atoms with E-state index in [1.54, 1.807) is 0 Å². The van der Waals surface area contributed by atoms with E-state index in [0.29, 0.717) is 6.61 Å². The van der Waals surface area contributed by atoms with Gasteiger partial charge in [-0.3, -0.25) is 0 Å². The van der Waals surface area contributed by atoms with E-state index in [0.717, 1.165) is 30.5 Å². The summed E-state index contributed by atoms with van der Waals surface area (Å²) in [7, 11) is 0. The number of halogens is 1. The molecular formula is C15H24BrNO. The molecule has 0 bridgehead atoms. The number of hydrogen-bond donors (Lipinski definition) is 1. The van der Waals surface area contributed by atoms with Crippen LogP contribution in [0.5, 0.6) is 0 Å². The average molecular weight is 314 g/mol. The van der Waals surface area contributed by atoms with Gasteiger partial charge in [0.25, 0.3) is 0 Å². The maximum absolute atomic E-state index is 5.65. The van der Waals surface area contributed by atoms with Gasteiger partial charge in [0.05, 0.1) is 6.61 Å². The minimum Gasteiger partial charge on any atom is -0.377 e. The van der Waals surface area contributed by atoms with Gasteiger partial charge in [-0.05, 0) is 57.9 Å². The first-order valence-electron chi connectivity index (χ1n) is 6.54. The second-order valence-electron chi connectivity index (χ2n) is 5.56. The van der Waals surface area contributed by atoms with Crippen molar-refractivity contribution in [1.82, 2.24) is 5.32 Å². The largest absolute Gasteiger partial charge is 0.377 e. The molecule has 1 N–H and O–H groups in total. The first kappa shape index (κ1) is 15.7. The summed E-state index contributed by atoms with van der Waals surface area (Å²) in [6.45, 7) is 9.18. The van der Waals surface area contributed by atoms with Gasteiger partial charge in [-0.15, -0.1) is 0 Å². The molecule has 0 spiro atoms. The molecule has 2 nitrogen and oxygen atoms in total. The molecule has 0 unspecified atom stereocenters. The molecule has 0 fully saturated rings. The van der Waals surface area contributed by atoms with Gasteiger partial charge >= 0.3 is 0 Å². The van der Waals surface area contributed by atoms with Crippen LogP contribution in [0.3, 0.4) is 0 Å². The Morgan fingerprint density at radius 2 is 1.78 bits per heavy atom. The van der Waals surface area contributed by atoms with Crippen molar-refractivity contribution >= 4 is 15.9 Å². The van der Waals surface area contributed by atoms with Crippen LogP contribution in [0.2, 0.25) is 0 Å². The molecule has 0 amide bonds. The molecule has 1 rings (SSSR count). The van der Waals surface area contributed by atoms with Gasteiger partial charge in [0, 0.05) is 16.6 Å². The van der Waals surface area contributed by atoms with Crippen LogP contribution in [0.1, 0.15) is 39.2 Å². The molecule has 1 aromatic carbocycles. The first-order valence-corrected chi connectivity index (χ1v) is 7.34. The quantitative estimate of drug-likeness (QED) is 0.764. The Morgan fingerprint density at radius 3 is 2.39 bits per heavy atom. The lowest BCUT2D eigenvalue weighted by molar-refractivity contribution is 0.117. The fourth-order valence-corrected chi connectivity index (χ4v) is 1.83. The molecule has 1 aromatic rings. The molecule has 0 saturated heterocycles. The molecule has 0 aliphatic heterocycles. The second kappa shape index (κ2) is 7.93. The van der Waals surface area contributed by atoms with E-state index in [4.69, 9.17) is 4.74 Å². The highest BCUT2D eigenvalue weighted by Gasteiger charge is 2.06. The number of ether oxygens (including phenoxy) is 1. The van der Waals surface area contributed by atoms with Gasteiger partial charge in [-0.2, -0.15) is 0 Å². The molecule has 0 aliphatic carbocycles. The second-order valence-corrected chi connectivity index (χ2v) is 6.48. The van der Waals surface area contributed by atoms with Crippen LogP contribution in [-0.4, -0.2) is 18.7 Å². The standard InChI is InChI=1S/C15H24BrNO/c1-15(2,3)17-10-4-5-11-18-12-13-6-8-14(16)9-7-13/h6-9,17H,4-5,10-12H2,1-3H3. The van der Waals surface area contributed by atoms with Crippen LogP contribution in [0.25, 0.3) is 0 Å². The number of benzene rings is 1. The third-order valence-electron chi connectivity index (χ3n) is 2.55. The summed E-state index contributed by atoms with van der Waals surface area (Å²) in [5, 5.41) is 3.48. The molecule has 0 aromatic heterocycles. The normalized spacial score (nSPS) is 11.8. The maximum atomic E-state index is 5.65. The summed E-state index contributed by atoms with van der Waals surface area (Å²) in [6, 6.07) is 8.27. The smallest absolute Gasteiger partial charge is 0.0716 e. The Bertz CT molecular complexity index is 329. The highest BCUT2D eigenvalue weighted by molar-refractivity contribution is 9.10. The molecule has 0 aliphatic rings. The minimum atomic E-state index is 0.221. The fraction of sp³-hybridized carbons (Fsp3) is 0.600. The van der Waals surface area contributed by atoms with Crippen molar-refractivity contribution in [3.05, 3.63) is 34.3 Å². The molecule has 0 heterocycles. The molecule has 102 valence electrons. The summed E-state index contributed by atoms with van der Waals surface area (Å²) in [6.07, 6.45) is 2.28. The average Bonchev–Trinajstić information content (AvgIpc) is 2.29. The zero-order chi connectivity index (χ0) is 13.4. The van der Waals surface area contributed by atoms with Gasteiger partial charge in [-0.1, -0.05) is 28.1 Å². The Balaban J connectivity index is 2.00. The maximum Gasteiger partial charge on any atom is 0.0716 e. The Morgan fingerprint density at radius 1 is 1.11 bits per heavy atom. The van der Waals surface area contributed by atoms with Gasteiger partial charge in [0.2, 0.25) is 0 Å². The van der Waals surface area contributed by atoms with Crippen LogP contribution in [-0.2, 0) is 11.3 Å². The third kappa shape index (κ3) is 7.85. The molecule has 3 heteroatoms. The van der Waals surface area contributed by atoms with Gasteiger partial charge in [-0.25, -0.2) is 0 Å². The Labute approximate surface area is 119 Å². The predicted molar refractivity (Wildman–Crippen MR) is 80.8 cm³/mol. The summed E-state index contributed by atoms with van der Waals surface area (Å²) in [5.41, 5.74) is 1.45. The van der Waals surface area contributed by atoms with Crippen molar-refractivity contribution < 1.29 is 4.74 Å². The van der Waals surface area contributed by atoms with E-state index in [1.165, 1.54) is 5.56 Å². The van der Waals surface area contributed by atoms with Crippen molar-refractivity contribution in [1.29, 1.82) is 0 Å². The lowest BCUT2D eigenvalue weighted by Gasteiger charge is -2.20. The topological polar surface area (TPSA) is 21.3 Å². The van der Waals surface area contributed by atoms with Crippen molar-refractivity contribution in [2.75, 3.05) is 13.2 Å². The van der Waals surface area contributed by atoms with E-state index in [2.05, 4.69) is 54.2 Å². The highest BCUT2D eigenvalue weighted by Crippen LogP contribution is 2.11. The van der Waals surface area contributed by atoms with Gasteiger partial charge < -0.3 is 10.1 Å². The lowest BCUT2D eigenvalue weighted by Crippen LogP contribution is -2.36. The van der Waals surface area contributed by atoms with E-state index in [1.807, 2.05) is 12.1 Å². The number of unbranched alkanes of at least 4 members (excludes halogenated alkanes) is 1. The van der Waals surface area contributed by atoms with Gasteiger partial charge in [0.1, 0.15) is 0 Å². The van der Waals surface area contributed by atoms with E-state index in [9.17, 15) is 0 Å². The highest BCUT2D eigenvalue weighted by atomic mass is 79.9. The van der Waals surface area contributed by atoms with Crippen molar-refractivity contribution in [3.8, 4) is 0 Å². The van der Waals surface area contributed by atoms with Crippen LogP contribution in [0.15, 0.2) is 28.7 Å². The van der Waals surface area contributed by atoms with Crippen molar-refractivity contribution in [3.63, 3.8) is 0 Å². The number of nitrogens with one attached hydrogen (secondary N) is 1. The van der Waals surface area contributed by atoms with E-state index < -0.39 is 0 Å². The monoisotopic (exact) mass is 313 g/mol. The molecular weight excluding hydrogens is 290 g/mol. The fourth-order valence-electron chi connectivity index (χ4n) is 1.56. The van der Waals surface area contributed by atoms with Crippen LogP contribution >= 0.6 is 15.9 Å². The SMILES string of the molecule is CC(C)(C)NCCCCOCc1ccc(Br)cc1. The predicted octanol–water partition coefficient (Wildman–Crippen LogP) is 4.13. The molecule has 0 atom stereocenters. The van der Waals surface area contributed by atoms with Gasteiger partial charge in [0.15, 0.2) is 0 Å². The minimum absolute atomic E-state index is 0.221. The third-order valence-corrected chi connectivity index (χ3v) is 3.08. The molecule has 0 saturated carbocycles. The zero-order valence-corrected chi connectivity index (χ0v) is 13.2. The van der Waals surface area contributed by atoms with Crippen molar-refractivity contribution in [2.24, 2.45) is 0 Å². The summed E-state index contributed by atoms with van der Waals surface area (Å²) < 4.78 is 6.76. The number of rotatable bonds is 7. The number of hydrogen-bond acceptors (Lipinski definition) is 2. The van der Waals surface area contributed by atoms with Crippen LogP contribution in [0.4, 0.5) is 0 Å². The zero-order valence-electron chi connectivity index (χ0n) is 11.6. The van der Waals surface area contributed by atoms with Crippen LogP contribution in [0, 0.1) is 0 Å². The Hall–Kier alpha value is -0.380. The Kier molecular flexibility index (Phi) is 6.90. The first-order chi connectivity index (χ1) is 8.47. The summed E-state index contributed by atoms with van der Waals surface area (Å²) in [5.74, 6) is 0. The summed E-state index contributed by atoms with van der Waals surface area (Å²) in [4.78, 5) is 0. The van der Waals surface area contributed by atoms with Crippen molar-refractivity contribution in [2.45, 2.75) is 45.8 Å². The van der Waals surface area contributed by atoms with Crippen LogP contribution < -0.4 is 5.32 Å². The van der Waals surface area contributed by atoms with E-state index >= 15 is 0 Å². The molecule has 18 heavy (non-hydrogen) atoms.